The van der Waals surface area contributed by atoms with Crippen molar-refractivity contribution in [1.29, 1.82) is 0 Å². The summed E-state index contributed by atoms with van der Waals surface area (Å²) in [5.41, 5.74) is 1.04. The molecule has 1 unspecified atom stereocenters. The molecule has 92 valence electrons. The first-order valence-corrected chi connectivity index (χ1v) is 6.51. The fourth-order valence-electron chi connectivity index (χ4n) is 2.03. The van der Waals surface area contributed by atoms with Crippen LogP contribution in [0.25, 0.3) is 0 Å². The van der Waals surface area contributed by atoms with Crippen LogP contribution < -0.4 is 0 Å². The van der Waals surface area contributed by atoms with Crippen LogP contribution in [0, 0.1) is 5.92 Å². The molecule has 1 saturated heterocycles. The van der Waals surface area contributed by atoms with Crippen LogP contribution >= 0.6 is 11.3 Å². The number of hydrogen-bond donors (Lipinski definition) is 0. The number of methoxy groups -OCH3 is 1. The molecule has 0 N–H and O–H groups in total. The zero-order valence-electron chi connectivity index (χ0n) is 9.72. The van der Waals surface area contributed by atoms with Crippen molar-refractivity contribution in [2.75, 3.05) is 20.2 Å². The summed E-state index contributed by atoms with van der Waals surface area (Å²) >= 11 is 1.59. The van der Waals surface area contributed by atoms with Crippen LogP contribution in [0.3, 0.4) is 0 Å². The number of rotatable bonds is 3. The molecular formula is C12H15NO3S. The van der Waals surface area contributed by atoms with Gasteiger partial charge in [-0.15, -0.1) is 0 Å². The van der Waals surface area contributed by atoms with E-state index >= 15 is 0 Å². The molecular weight excluding hydrogens is 238 g/mol. The van der Waals surface area contributed by atoms with Gasteiger partial charge in [-0.1, -0.05) is 0 Å². The molecule has 2 rings (SSSR count). The monoisotopic (exact) mass is 253 g/mol. The summed E-state index contributed by atoms with van der Waals surface area (Å²) in [5.74, 6) is -0.267. The van der Waals surface area contributed by atoms with Gasteiger partial charge in [0.15, 0.2) is 0 Å². The molecule has 0 radical (unpaired) electrons. The minimum absolute atomic E-state index is 0.0924. The topological polar surface area (TPSA) is 46.6 Å². The van der Waals surface area contributed by atoms with Crippen LogP contribution in [0.5, 0.6) is 0 Å². The lowest BCUT2D eigenvalue weighted by molar-refractivity contribution is -0.145. The summed E-state index contributed by atoms with van der Waals surface area (Å²) < 4.78 is 4.69. The number of thiophene rings is 1. The third kappa shape index (κ3) is 2.85. The largest absolute Gasteiger partial charge is 0.469 e. The maximum Gasteiger partial charge on any atom is 0.310 e. The van der Waals surface area contributed by atoms with Gasteiger partial charge in [-0.05, 0) is 28.8 Å². The zero-order chi connectivity index (χ0) is 12.3. The number of ether oxygens (including phenoxy) is 1. The standard InChI is InChI=1S/C12H15NO3S/c1-16-12(15)10-2-4-13(7-10)11(14)6-9-3-5-17-8-9/h3,5,8,10H,2,4,6-7H2,1H3. The Morgan fingerprint density at radius 1 is 1.59 bits per heavy atom. The molecule has 5 heteroatoms. The molecule has 0 bridgehead atoms. The molecule has 1 amide bonds. The molecule has 1 aliphatic rings. The van der Waals surface area contributed by atoms with E-state index in [1.54, 1.807) is 16.2 Å². The number of likely N-dealkylation sites (tertiary alicyclic amines) is 1. The Hall–Kier alpha value is -1.36. The molecule has 1 atom stereocenters. The Morgan fingerprint density at radius 2 is 2.41 bits per heavy atom. The van der Waals surface area contributed by atoms with Crippen LogP contribution in [0.4, 0.5) is 0 Å². The van der Waals surface area contributed by atoms with Crippen LogP contribution in [0.2, 0.25) is 0 Å². The van der Waals surface area contributed by atoms with Crippen LogP contribution in [-0.4, -0.2) is 37.0 Å². The maximum absolute atomic E-state index is 11.9. The van der Waals surface area contributed by atoms with Crippen molar-refractivity contribution in [3.63, 3.8) is 0 Å². The van der Waals surface area contributed by atoms with Crippen molar-refractivity contribution in [1.82, 2.24) is 4.90 Å². The molecule has 1 aromatic rings. The SMILES string of the molecule is COC(=O)C1CCN(C(=O)Cc2ccsc2)C1. The van der Waals surface area contributed by atoms with Crippen LogP contribution in [0.1, 0.15) is 12.0 Å². The van der Waals surface area contributed by atoms with Gasteiger partial charge < -0.3 is 9.64 Å². The third-order valence-electron chi connectivity index (χ3n) is 3.01. The van der Waals surface area contributed by atoms with Gasteiger partial charge in [-0.3, -0.25) is 9.59 Å². The molecule has 0 saturated carbocycles. The third-order valence-corrected chi connectivity index (χ3v) is 3.74. The summed E-state index contributed by atoms with van der Waals surface area (Å²) in [6.45, 7) is 1.15. The molecule has 4 nitrogen and oxygen atoms in total. The smallest absolute Gasteiger partial charge is 0.310 e. The summed E-state index contributed by atoms with van der Waals surface area (Å²) in [4.78, 5) is 25.0. The Balaban J connectivity index is 1.88. The predicted octanol–water partition coefficient (Wildman–Crippen LogP) is 1.31. The Labute approximate surface area is 104 Å². The molecule has 0 aliphatic carbocycles. The molecule has 17 heavy (non-hydrogen) atoms. The fraction of sp³-hybridized carbons (Fsp3) is 0.500. The summed E-state index contributed by atoms with van der Waals surface area (Å²) in [6.07, 6.45) is 1.14. The number of carbonyl (C=O) groups is 2. The van der Waals surface area contributed by atoms with E-state index in [9.17, 15) is 9.59 Å². The summed E-state index contributed by atoms with van der Waals surface area (Å²) in [5, 5.41) is 3.94. The van der Waals surface area contributed by atoms with Crippen molar-refractivity contribution in [3.05, 3.63) is 22.4 Å². The number of amides is 1. The van der Waals surface area contributed by atoms with Gasteiger partial charge in [-0.2, -0.15) is 11.3 Å². The Bertz CT molecular complexity index is 402. The second-order valence-electron chi connectivity index (χ2n) is 4.16. The van der Waals surface area contributed by atoms with E-state index in [1.807, 2.05) is 16.8 Å². The fourth-order valence-corrected chi connectivity index (χ4v) is 2.69. The van der Waals surface area contributed by atoms with Gasteiger partial charge in [0.25, 0.3) is 0 Å². The van der Waals surface area contributed by atoms with Crippen LogP contribution in [0.15, 0.2) is 16.8 Å². The molecule has 1 aromatic heterocycles. The lowest BCUT2D eigenvalue weighted by Gasteiger charge is -2.15. The van der Waals surface area contributed by atoms with E-state index in [0.717, 1.165) is 5.56 Å². The second-order valence-corrected chi connectivity index (χ2v) is 4.94. The van der Waals surface area contributed by atoms with Gasteiger partial charge in [0.1, 0.15) is 0 Å². The lowest BCUT2D eigenvalue weighted by Crippen LogP contribution is -2.31. The molecule has 2 heterocycles. The highest BCUT2D eigenvalue weighted by atomic mass is 32.1. The van der Waals surface area contributed by atoms with Crippen molar-refractivity contribution in [2.45, 2.75) is 12.8 Å². The van der Waals surface area contributed by atoms with E-state index < -0.39 is 0 Å². The van der Waals surface area contributed by atoms with Crippen molar-refractivity contribution in [3.8, 4) is 0 Å². The first-order chi connectivity index (χ1) is 8.20. The highest BCUT2D eigenvalue weighted by molar-refractivity contribution is 7.07. The predicted molar refractivity (Wildman–Crippen MR) is 64.7 cm³/mol. The average molecular weight is 253 g/mol. The molecule has 0 aromatic carbocycles. The number of nitrogens with zero attached hydrogens (tertiary/aromatic N) is 1. The van der Waals surface area contributed by atoms with E-state index in [-0.39, 0.29) is 17.8 Å². The minimum atomic E-state index is -0.212. The number of carbonyl (C=O) groups excluding carboxylic acids is 2. The van der Waals surface area contributed by atoms with Gasteiger partial charge in [-0.25, -0.2) is 0 Å². The van der Waals surface area contributed by atoms with E-state index in [4.69, 9.17) is 4.74 Å². The van der Waals surface area contributed by atoms with Gasteiger partial charge in [0.05, 0.1) is 19.4 Å². The zero-order valence-corrected chi connectivity index (χ0v) is 10.5. The van der Waals surface area contributed by atoms with Gasteiger partial charge >= 0.3 is 5.97 Å². The Kier molecular flexibility index (Phi) is 3.78. The molecule has 1 aliphatic heterocycles. The maximum atomic E-state index is 11.9. The van der Waals surface area contributed by atoms with Gasteiger partial charge in [0, 0.05) is 13.1 Å². The van der Waals surface area contributed by atoms with Gasteiger partial charge in [0.2, 0.25) is 5.91 Å². The first-order valence-electron chi connectivity index (χ1n) is 5.57. The number of esters is 1. The Morgan fingerprint density at radius 3 is 3.06 bits per heavy atom. The second kappa shape index (κ2) is 5.31. The minimum Gasteiger partial charge on any atom is -0.469 e. The quantitative estimate of drug-likeness (QED) is 0.763. The highest BCUT2D eigenvalue weighted by Gasteiger charge is 2.31. The van der Waals surface area contributed by atoms with Crippen LogP contribution in [-0.2, 0) is 20.7 Å². The lowest BCUT2D eigenvalue weighted by atomic mass is 10.1. The normalized spacial score (nSPS) is 19.4. The van der Waals surface area contributed by atoms with E-state index in [0.29, 0.717) is 25.9 Å². The molecule has 1 fully saturated rings. The summed E-state index contributed by atoms with van der Waals surface area (Å²) in [6, 6.07) is 1.95. The molecule has 0 spiro atoms. The van der Waals surface area contributed by atoms with Crippen molar-refractivity contribution < 1.29 is 14.3 Å². The first kappa shape index (κ1) is 12.1. The van der Waals surface area contributed by atoms with E-state index in [1.165, 1.54) is 7.11 Å². The van der Waals surface area contributed by atoms with Crippen molar-refractivity contribution >= 4 is 23.2 Å². The average Bonchev–Trinajstić information content (AvgIpc) is 2.98. The summed E-state index contributed by atoms with van der Waals surface area (Å²) in [7, 11) is 1.39. The number of hydrogen-bond acceptors (Lipinski definition) is 4. The van der Waals surface area contributed by atoms with E-state index in [2.05, 4.69) is 0 Å². The van der Waals surface area contributed by atoms with Crippen molar-refractivity contribution in [2.24, 2.45) is 5.92 Å². The highest BCUT2D eigenvalue weighted by Crippen LogP contribution is 2.19.